The number of urea groups is 1. The maximum atomic E-state index is 14.8. The zero-order valence-corrected chi connectivity index (χ0v) is 22.5. The molecule has 0 radical (unpaired) electrons. The Labute approximate surface area is 232 Å². The Hall–Kier alpha value is -4.73. The molecule has 1 fully saturated rings. The first kappa shape index (κ1) is 26.9. The van der Waals surface area contributed by atoms with E-state index < -0.39 is 11.4 Å². The second-order valence-corrected chi connectivity index (χ2v) is 10.1. The van der Waals surface area contributed by atoms with Gasteiger partial charge in [-0.25, -0.2) is 14.2 Å². The molecular weight excluding hydrogens is 511 g/mol. The van der Waals surface area contributed by atoms with E-state index in [4.69, 9.17) is 5.73 Å². The van der Waals surface area contributed by atoms with Crippen LogP contribution in [-0.4, -0.2) is 83.7 Å². The number of benzene rings is 3. The molecule has 10 heteroatoms. The van der Waals surface area contributed by atoms with Gasteiger partial charge in [0.25, 0.3) is 11.8 Å². The summed E-state index contributed by atoms with van der Waals surface area (Å²) in [6, 6.07) is 22.3. The molecule has 4 amide bonds. The number of guanidine groups is 1. The third-order valence-electron chi connectivity index (χ3n) is 7.26. The summed E-state index contributed by atoms with van der Waals surface area (Å²) in [4.78, 5) is 50.3. The Bertz CT molecular complexity index is 1410. The molecule has 0 spiro atoms. The first-order valence-electron chi connectivity index (χ1n) is 13.0. The lowest BCUT2D eigenvalue weighted by molar-refractivity contribution is -0.130. The van der Waals surface area contributed by atoms with E-state index in [2.05, 4.69) is 4.99 Å². The molecule has 0 unspecified atom stereocenters. The van der Waals surface area contributed by atoms with Gasteiger partial charge in [0.1, 0.15) is 5.82 Å². The van der Waals surface area contributed by atoms with Crippen molar-refractivity contribution in [3.8, 4) is 0 Å². The van der Waals surface area contributed by atoms with Gasteiger partial charge in [-0.3, -0.25) is 14.5 Å². The van der Waals surface area contributed by atoms with Crippen LogP contribution in [-0.2, 0) is 16.9 Å². The minimum absolute atomic E-state index is 0.0107. The van der Waals surface area contributed by atoms with Gasteiger partial charge in [-0.15, -0.1) is 0 Å². The molecule has 40 heavy (non-hydrogen) atoms. The lowest BCUT2D eigenvalue weighted by atomic mass is 9.83. The molecule has 3 aromatic carbocycles. The standard InChI is InChI=1S/C30H31FN6O3/c1-34(2)29(40)36-15-13-35(14-16-36)26(38)22-17-21(18-25(31)19-22)20-37-27(39)30(33-28(37)32,23-9-5-3-6-10-23)24-11-7-4-8-12-24/h3-12,17-19H,13-16,20H2,1-2H3,(H2,32,33). The summed E-state index contributed by atoms with van der Waals surface area (Å²) in [5.41, 5.74) is 6.87. The fraction of sp³-hybridized carbons (Fsp3) is 0.267. The largest absolute Gasteiger partial charge is 0.369 e. The smallest absolute Gasteiger partial charge is 0.319 e. The zero-order chi connectivity index (χ0) is 28.4. The minimum atomic E-state index is -1.37. The molecule has 1 saturated heterocycles. The molecule has 2 aliphatic heterocycles. The number of amides is 4. The molecule has 0 aromatic heterocycles. The molecule has 206 valence electrons. The van der Waals surface area contributed by atoms with Gasteiger partial charge in [0.2, 0.25) is 0 Å². The van der Waals surface area contributed by atoms with Crippen LogP contribution in [0.5, 0.6) is 0 Å². The van der Waals surface area contributed by atoms with E-state index in [-0.39, 0.29) is 35.9 Å². The topological polar surface area (TPSA) is 103 Å². The Morgan fingerprint density at radius 1 is 0.900 bits per heavy atom. The summed E-state index contributed by atoms with van der Waals surface area (Å²) in [6.45, 7) is 1.40. The quantitative estimate of drug-likeness (QED) is 0.536. The Kier molecular flexibility index (Phi) is 7.25. The third kappa shape index (κ3) is 4.88. The van der Waals surface area contributed by atoms with Crippen molar-refractivity contribution in [2.45, 2.75) is 12.1 Å². The lowest BCUT2D eigenvalue weighted by Gasteiger charge is -2.36. The van der Waals surface area contributed by atoms with Gasteiger partial charge in [-0.2, -0.15) is 0 Å². The minimum Gasteiger partial charge on any atom is -0.369 e. The van der Waals surface area contributed by atoms with Crippen LogP contribution in [0.3, 0.4) is 0 Å². The van der Waals surface area contributed by atoms with Gasteiger partial charge in [-0.1, -0.05) is 60.7 Å². The van der Waals surface area contributed by atoms with Gasteiger partial charge < -0.3 is 20.4 Å². The summed E-state index contributed by atoms with van der Waals surface area (Å²) >= 11 is 0. The van der Waals surface area contributed by atoms with Crippen LogP contribution in [0.4, 0.5) is 9.18 Å². The Morgan fingerprint density at radius 2 is 1.45 bits per heavy atom. The highest BCUT2D eigenvalue weighted by atomic mass is 19.1. The van der Waals surface area contributed by atoms with Crippen molar-refractivity contribution < 1.29 is 18.8 Å². The van der Waals surface area contributed by atoms with Gasteiger partial charge >= 0.3 is 6.03 Å². The summed E-state index contributed by atoms with van der Waals surface area (Å²) in [5.74, 6) is -1.28. The van der Waals surface area contributed by atoms with Crippen molar-refractivity contribution in [2.24, 2.45) is 10.7 Å². The predicted octanol–water partition coefficient (Wildman–Crippen LogP) is 2.87. The molecular formula is C30H31FN6O3. The van der Waals surface area contributed by atoms with E-state index in [1.807, 2.05) is 60.7 Å². The number of rotatable bonds is 5. The number of hydrogen-bond acceptors (Lipinski definition) is 5. The van der Waals surface area contributed by atoms with Crippen molar-refractivity contribution in [1.29, 1.82) is 0 Å². The third-order valence-corrected chi connectivity index (χ3v) is 7.26. The van der Waals surface area contributed by atoms with Crippen LogP contribution >= 0.6 is 0 Å². The molecule has 0 bridgehead atoms. The van der Waals surface area contributed by atoms with Crippen LogP contribution in [0.2, 0.25) is 0 Å². The van der Waals surface area contributed by atoms with Crippen LogP contribution < -0.4 is 5.73 Å². The van der Waals surface area contributed by atoms with Crippen LogP contribution in [0.25, 0.3) is 0 Å². The average Bonchev–Trinajstić information content (AvgIpc) is 3.22. The highest BCUT2D eigenvalue weighted by Gasteiger charge is 2.50. The molecule has 2 aliphatic rings. The highest BCUT2D eigenvalue weighted by molar-refractivity contribution is 6.09. The maximum Gasteiger partial charge on any atom is 0.319 e. The number of aliphatic imine (C=N–C) groups is 1. The maximum absolute atomic E-state index is 14.8. The van der Waals surface area contributed by atoms with E-state index in [1.165, 1.54) is 21.9 Å². The lowest BCUT2D eigenvalue weighted by Crippen LogP contribution is -2.52. The molecule has 0 atom stereocenters. The van der Waals surface area contributed by atoms with E-state index in [0.29, 0.717) is 42.9 Å². The van der Waals surface area contributed by atoms with Crippen molar-refractivity contribution in [2.75, 3.05) is 40.3 Å². The summed E-state index contributed by atoms with van der Waals surface area (Å²) in [6.07, 6.45) is 0. The van der Waals surface area contributed by atoms with Gasteiger partial charge in [0.05, 0.1) is 6.54 Å². The number of carbonyl (C=O) groups excluding carboxylic acids is 3. The van der Waals surface area contributed by atoms with Gasteiger partial charge in [0, 0.05) is 45.8 Å². The molecule has 5 rings (SSSR count). The van der Waals surface area contributed by atoms with Gasteiger partial charge in [0.15, 0.2) is 11.5 Å². The first-order chi connectivity index (χ1) is 19.2. The SMILES string of the molecule is CN(C)C(=O)N1CCN(C(=O)c2cc(F)cc(CN3C(=O)C(c4ccccc4)(c4ccccc4)N=C3N)c2)CC1. The second-order valence-electron chi connectivity index (χ2n) is 10.1. The molecule has 0 saturated carbocycles. The fourth-order valence-corrected chi connectivity index (χ4v) is 5.25. The molecule has 0 aliphatic carbocycles. The summed E-state index contributed by atoms with van der Waals surface area (Å²) < 4.78 is 14.8. The van der Waals surface area contributed by atoms with E-state index in [0.717, 1.165) is 0 Å². The molecule has 2 N–H and O–H groups in total. The van der Waals surface area contributed by atoms with E-state index in [9.17, 15) is 18.8 Å². The van der Waals surface area contributed by atoms with Crippen molar-refractivity contribution >= 4 is 23.8 Å². The second kappa shape index (κ2) is 10.8. The van der Waals surface area contributed by atoms with Crippen LogP contribution in [0.1, 0.15) is 27.0 Å². The number of nitrogens with two attached hydrogens (primary N) is 1. The first-order valence-corrected chi connectivity index (χ1v) is 13.0. The Morgan fingerprint density at radius 3 is 2.00 bits per heavy atom. The average molecular weight is 543 g/mol. The van der Waals surface area contributed by atoms with E-state index in [1.54, 1.807) is 30.0 Å². The Balaban J connectivity index is 1.39. The number of nitrogens with zero attached hydrogens (tertiary/aromatic N) is 5. The van der Waals surface area contributed by atoms with Crippen molar-refractivity contribution in [3.05, 3.63) is 107 Å². The van der Waals surface area contributed by atoms with Crippen LogP contribution in [0.15, 0.2) is 83.9 Å². The van der Waals surface area contributed by atoms with Gasteiger partial charge in [-0.05, 0) is 34.9 Å². The molecule has 9 nitrogen and oxygen atoms in total. The summed E-state index contributed by atoms with van der Waals surface area (Å²) in [5, 5.41) is 0. The molecule has 3 aromatic rings. The predicted molar refractivity (Wildman–Crippen MR) is 149 cm³/mol. The monoisotopic (exact) mass is 542 g/mol. The molecule has 2 heterocycles. The number of piperazine rings is 1. The van der Waals surface area contributed by atoms with Crippen LogP contribution in [0, 0.1) is 5.82 Å². The van der Waals surface area contributed by atoms with Crippen molar-refractivity contribution in [3.63, 3.8) is 0 Å². The zero-order valence-electron chi connectivity index (χ0n) is 22.5. The number of halogens is 1. The summed E-state index contributed by atoms with van der Waals surface area (Å²) in [7, 11) is 3.36. The number of hydrogen-bond donors (Lipinski definition) is 1. The van der Waals surface area contributed by atoms with Crippen molar-refractivity contribution in [1.82, 2.24) is 19.6 Å². The fourth-order valence-electron chi connectivity index (χ4n) is 5.25. The highest BCUT2D eigenvalue weighted by Crippen LogP contribution is 2.40. The number of carbonyl (C=O) groups is 3. The van der Waals surface area contributed by atoms with E-state index >= 15 is 0 Å². The normalized spacial score (nSPS) is 16.6.